The molecule has 2 N–H and O–H groups in total. The van der Waals surface area contributed by atoms with Crippen LogP contribution in [0, 0.1) is 0 Å². The van der Waals surface area contributed by atoms with Gasteiger partial charge in [-0.15, -0.1) is 0 Å². The predicted octanol–water partition coefficient (Wildman–Crippen LogP) is 1.30. The zero-order chi connectivity index (χ0) is 10.6. The van der Waals surface area contributed by atoms with E-state index in [1.807, 2.05) is 13.8 Å². The summed E-state index contributed by atoms with van der Waals surface area (Å²) in [6.45, 7) is 4.57. The van der Waals surface area contributed by atoms with E-state index in [1.54, 1.807) is 7.11 Å². The van der Waals surface area contributed by atoms with Gasteiger partial charge in [0.05, 0.1) is 11.7 Å². The second-order valence-electron chi connectivity index (χ2n) is 4.60. The quantitative estimate of drug-likeness (QED) is 0.704. The third-order valence-electron chi connectivity index (χ3n) is 3.25. The van der Waals surface area contributed by atoms with Crippen molar-refractivity contribution >= 4 is 0 Å². The van der Waals surface area contributed by atoms with Crippen LogP contribution in [0.15, 0.2) is 0 Å². The maximum atomic E-state index is 9.81. The normalized spacial score (nSPS) is 31.7. The maximum Gasteiger partial charge on any atom is 0.0741 e. The highest BCUT2D eigenvalue weighted by Crippen LogP contribution is 2.21. The third kappa shape index (κ3) is 3.56. The van der Waals surface area contributed by atoms with Gasteiger partial charge in [-0.2, -0.15) is 0 Å². The Balaban J connectivity index is 2.20. The number of aliphatic hydroxyl groups is 1. The third-order valence-corrected chi connectivity index (χ3v) is 3.25. The molecule has 0 aromatic heterocycles. The van der Waals surface area contributed by atoms with Crippen LogP contribution in [0.25, 0.3) is 0 Å². The lowest BCUT2D eigenvalue weighted by atomic mass is 10.0. The Labute approximate surface area is 86.8 Å². The first-order chi connectivity index (χ1) is 6.57. The molecule has 1 aliphatic rings. The summed E-state index contributed by atoms with van der Waals surface area (Å²) in [7, 11) is 1.77. The summed E-state index contributed by atoms with van der Waals surface area (Å²) in [5.74, 6) is 0. The lowest BCUT2D eigenvalue weighted by Gasteiger charge is -2.24. The summed E-state index contributed by atoms with van der Waals surface area (Å²) < 4.78 is 5.30. The fourth-order valence-electron chi connectivity index (χ4n) is 1.83. The maximum absolute atomic E-state index is 9.81. The molecule has 0 bridgehead atoms. The molecule has 3 nitrogen and oxygen atoms in total. The van der Waals surface area contributed by atoms with E-state index in [2.05, 4.69) is 5.32 Å². The summed E-state index contributed by atoms with van der Waals surface area (Å²) in [6, 6.07) is 0.526. The molecule has 14 heavy (non-hydrogen) atoms. The van der Waals surface area contributed by atoms with Gasteiger partial charge in [0.1, 0.15) is 0 Å². The second kappa shape index (κ2) is 5.10. The summed E-state index contributed by atoms with van der Waals surface area (Å²) >= 11 is 0. The topological polar surface area (TPSA) is 41.5 Å². The van der Waals surface area contributed by atoms with E-state index in [-0.39, 0.29) is 0 Å². The Kier molecular flexibility index (Phi) is 4.35. The van der Waals surface area contributed by atoms with Gasteiger partial charge in [-0.3, -0.25) is 0 Å². The average Bonchev–Trinajstić information content (AvgIpc) is 2.63. The monoisotopic (exact) mass is 201 g/mol. The predicted molar refractivity (Wildman–Crippen MR) is 57.4 cm³/mol. The average molecular weight is 201 g/mol. The van der Waals surface area contributed by atoms with Crippen molar-refractivity contribution in [1.82, 2.24) is 5.32 Å². The first kappa shape index (κ1) is 12.0. The van der Waals surface area contributed by atoms with E-state index >= 15 is 0 Å². The van der Waals surface area contributed by atoms with Crippen molar-refractivity contribution in [1.29, 1.82) is 0 Å². The minimum Gasteiger partial charge on any atom is -0.389 e. The number of hydrogen-bond donors (Lipinski definition) is 2. The fourth-order valence-corrected chi connectivity index (χ4v) is 1.83. The molecule has 3 atom stereocenters. The summed E-state index contributed by atoms with van der Waals surface area (Å²) in [4.78, 5) is 0. The summed E-state index contributed by atoms with van der Waals surface area (Å²) in [5.41, 5.74) is -0.564. The van der Waals surface area contributed by atoms with Gasteiger partial charge in [-0.1, -0.05) is 6.92 Å². The Morgan fingerprint density at radius 3 is 2.71 bits per heavy atom. The molecule has 3 heteroatoms. The molecule has 1 saturated carbocycles. The number of rotatable bonds is 5. The number of nitrogens with one attached hydrogen (secondary N) is 1. The first-order valence-electron chi connectivity index (χ1n) is 5.56. The van der Waals surface area contributed by atoms with Crippen LogP contribution in [0.1, 0.15) is 39.5 Å². The largest absolute Gasteiger partial charge is 0.389 e. The van der Waals surface area contributed by atoms with Crippen LogP contribution < -0.4 is 5.32 Å². The van der Waals surface area contributed by atoms with Crippen LogP contribution >= 0.6 is 0 Å². The molecule has 84 valence electrons. The smallest absolute Gasteiger partial charge is 0.0741 e. The van der Waals surface area contributed by atoms with Crippen molar-refractivity contribution < 1.29 is 9.84 Å². The molecule has 1 rings (SSSR count). The van der Waals surface area contributed by atoms with Gasteiger partial charge in [0.2, 0.25) is 0 Å². The van der Waals surface area contributed by atoms with Gasteiger partial charge in [0.25, 0.3) is 0 Å². The molecule has 0 radical (unpaired) electrons. The van der Waals surface area contributed by atoms with E-state index in [1.165, 1.54) is 0 Å². The molecule has 0 heterocycles. The van der Waals surface area contributed by atoms with Crippen LogP contribution in [-0.2, 0) is 4.74 Å². The number of methoxy groups -OCH3 is 1. The van der Waals surface area contributed by atoms with E-state index in [0.29, 0.717) is 18.7 Å². The highest BCUT2D eigenvalue weighted by molar-refractivity contribution is 4.84. The molecule has 0 aromatic carbocycles. The second-order valence-corrected chi connectivity index (χ2v) is 4.60. The SMILES string of the molecule is CCC(C)(O)CNC1CCC(OC)C1. The van der Waals surface area contributed by atoms with Crippen LogP contribution in [0.3, 0.4) is 0 Å². The highest BCUT2D eigenvalue weighted by Gasteiger charge is 2.26. The van der Waals surface area contributed by atoms with Crippen LogP contribution in [0.4, 0.5) is 0 Å². The first-order valence-corrected chi connectivity index (χ1v) is 5.56. The lowest BCUT2D eigenvalue weighted by molar-refractivity contribution is 0.0516. The van der Waals surface area contributed by atoms with Gasteiger partial charge in [0, 0.05) is 19.7 Å². The van der Waals surface area contributed by atoms with Crippen molar-refractivity contribution in [3.8, 4) is 0 Å². The molecule has 0 spiro atoms. The molecule has 1 aliphatic carbocycles. The van der Waals surface area contributed by atoms with Crippen molar-refractivity contribution in [2.24, 2.45) is 0 Å². The molecule has 3 unspecified atom stereocenters. The van der Waals surface area contributed by atoms with Crippen LogP contribution in [-0.4, -0.2) is 36.5 Å². The molecule has 0 saturated heterocycles. The standard InChI is InChI=1S/C11H23NO2/c1-4-11(2,13)8-12-9-5-6-10(7-9)14-3/h9-10,12-13H,4-8H2,1-3H3. The Hall–Kier alpha value is -0.120. The van der Waals surface area contributed by atoms with Crippen molar-refractivity contribution in [3.63, 3.8) is 0 Å². The van der Waals surface area contributed by atoms with Crippen LogP contribution in [0.2, 0.25) is 0 Å². The number of hydrogen-bond acceptors (Lipinski definition) is 3. The van der Waals surface area contributed by atoms with Gasteiger partial charge in [-0.25, -0.2) is 0 Å². The molecule has 0 aromatic rings. The Bertz CT molecular complexity index is 171. The van der Waals surface area contributed by atoms with Crippen molar-refractivity contribution in [2.75, 3.05) is 13.7 Å². The summed E-state index contributed by atoms with van der Waals surface area (Å²) in [6.07, 6.45) is 4.59. The summed E-state index contributed by atoms with van der Waals surface area (Å²) in [5, 5.41) is 13.2. The van der Waals surface area contributed by atoms with E-state index in [4.69, 9.17) is 4.74 Å². The molecular weight excluding hydrogens is 178 g/mol. The molecule has 0 aliphatic heterocycles. The van der Waals surface area contributed by atoms with Crippen molar-refractivity contribution in [3.05, 3.63) is 0 Å². The highest BCUT2D eigenvalue weighted by atomic mass is 16.5. The lowest BCUT2D eigenvalue weighted by Crippen LogP contribution is -2.41. The Morgan fingerprint density at radius 2 is 2.21 bits per heavy atom. The van der Waals surface area contributed by atoms with Gasteiger partial charge in [0.15, 0.2) is 0 Å². The van der Waals surface area contributed by atoms with E-state index in [0.717, 1.165) is 25.7 Å². The van der Waals surface area contributed by atoms with Crippen molar-refractivity contribution in [2.45, 2.75) is 57.3 Å². The fraction of sp³-hybridized carbons (Fsp3) is 1.00. The van der Waals surface area contributed by atoms with E-state index in [9.17, 15) is 5.11 Å². The number of ether oxygens (including phenoxy) is 1. The molecule has 1 fully saturated rings. The van der Waals surface area contributed by atoms with E-state index < -0.39 is 5.60 Å². The van der Waals surface area contributed by atoms with Gasteiger partial charge >= 0.3 is 0 Å². The zero-order valence-electron chi connectivity index (χ0n) is 9.55. The molecular formula is C11H23NO2. The van der Waals surface area contributed by atoms with Gasteiger partial charge in [-0.05, 0) is 32.6 Å². The zero-order valence-corrected chi connectivity index (χ0v) is 9.55. The minimum atomic E-state index is -0.564. The van der Waals surface area contributed by atoms with Crippen LogP contribution in [0.5, 0.6) is 0 Å². The molecule has 0 amide bonds. The van der Waals surface area contributed by atoms with Gasteiger partial charge < -0.3 is 15.2 Å². The Morgan fingerprint density at radius 1 is 1.50 bits per heavy atom. The minimum absolute atomic E-state index is 0.416.